The van der Waals surface area contributed by atoms with Gasteiger partial charge in [-0.15, -0.1) is 0 Å². The minimum absolute atomic E-state index is 0.00947. The molecule has 1 atom stereocenters. The SMILES string of the molecule is CC1CCC2(CC1)NC(=O)N(C[C@H](O)COC(c1ccccc1)c1ccccc1)C2=O. The molecule has 2 aliphatic rings. The van der Waals surface area contributed by atoms with Gasteiger partial charge in [-0.1, -0.05) is 67.6 Å². The Kier molecular flexibility index (Phi) is 6.39. The summed E-state index contributed by atoms with van der Waals surface area (Å²) < 4.78 is 6.09. The Labute approximate surface area is 183 Å². The zero-order valence-electron chi connectivity index (χ0n) is 17.9. The van der Waals surface area contributed by atoms with Gasteiger partial charge in [0.1, 0.15) is 11.6 Å². The quantitative estimate of drug-likeness (QED) is 0.668. The number of ether oxygens (including phenoxy) is 1. The second kappa shape index (κ2) is 9.20. The molecule has 0 radical (unpaired) electrons. The highest BCUT2D eigenvalue weighted by atomic mass is 16.5. The van der Waals surface area contributed by atoms with E-state index in [2.05, 4.69) is 12.2 Å². The first-order valence-electron chi connectivity index (χ1n) is 11.0. The van der Waals surface area contributed by atoms with E-state index in [1.54, 1.807) is 0 Å². The summed E-state index contributed by atoms with van der Waals surface area (Å²) in [4.78, 5) is 26.7. The predicted molar refractivity (Wildman–Crippen MR) is 117 cm³/mol. The van der Waals surface area contributed by atoms with Gasteiger partial charge in [0.2, 0.25) is 0 Å². The molecule has 1 aliphatic carbocycles. The van der Waals surface area contributed by atoms with E-state index in [0.29, 0.717) is 18.8 Å². The van der Waals surface area contributed by atoms with Gasteiger partial charge >= 0.3 is 6.03 Å². The van der Waals surface area contributed by atoms with Crippen LogP contribution in [0.15, 0.2) is 60.7 Å². The third-order valence-electron chi connectivity index (χ3n) is 6.43. The van der Waals surface area contributed by atoms with E-state index in [4.69, 9.17) is 4.74 Å². The summed E-state index contributed by atoms with van der Waals surface area (Å²) >= 11 is 0. The molecule has 6 nitrogen and oxygen atoms in total. The zero-order valence-corrected chi connectivity index (χ0v) is 17.9. The molecule has 0 bridgehead atoms. The normalized spacial score (nSPS) is 24.6. The lowest BCUT2D eigenvalue weighted by Gasteiger charge is -2.33. The molecule has 6 heteroatoms. The van der Waals surface area contributed by atoms with Crippen LogP contribution in [0, 0.1) is 5.92 Å². The molecule has 0 unspecified atom stereocenters. The second-order valence-corrected chi connectivity index (χ2v) is 8.80. The monoisotopic (exact) mass is 422 g/mol. The van der Waals surface area contributed by atoms with Crippen molar-refractivity contribution in [3.8, 4) is 0 Å². The lowest BCUT2D eigenvalue weighted by molar-refractivity contribution is -0.134. The van der Waals surface area contributed by atoms with Crippen molar-refractivity contribution in [2.24, 2.45) is 5.92 Å². The van der Waals surface area contributed by atoms with Crippen molar-refractivity contribution >= 4 is 11.9 Å². The van der Waals surface area contributed by atoms with Gasteiger partial charge in [0.25, 0.3) is 5.91 Å². The van der Waals surface area contributed by atoms with Gasteiger partial charge in [-0.25, -0.2) is 4.79 Å². The smallest absolute Gasteiger partial charge is 0.325 e. The van der Waals surface area contributed by atoms with Crippen LogP contribution in [0.25, 0.3) is 0 Å². The third kappa shape index (κ3) is 4.65. The fourth-order valence-electron chi connectivity index (χ4n) is 4.55. The molecule has 1 heterocycles. The van der Waals surface area contributed by atoms with E-state index in [9.17, 15) is 14.7 Å². The van der Waals surface area contributed by atoms with Crippen LogP contribution in [0.1, 0.15) is 49.8 Å². The van der Waals surface area contributed by atoms with Gasteiger partial charge in [0.05, 0.1) is 19.3 Å². The molecule has 1 spiro atoms. The maximum Gasteiger partial charge on any atom is 0.325 e. The third-order valence-corrected chi connectivity index (χ3v) is 6.43. The minimum atomic E-state index is -0.970. The van der Waals surface area contributed by atoms with E-state index >= 15 is 0 Å². The number of carbonyl (C=O) groups is 2. The standard InChI is InChI=1S/C25H30N2O4/c1-18-12-14-25(15-13-18)23(29)27(24(30)26-25)16-21(28)17-31-22(19-8-4-2-5-9-19)20-10-6-3-7-11-20/h2-11,18,21-22,28H,12-17H2,1H3,(H,26,30)/t18?,21-,25?/m0/s1. The lowest BCUT2D eigenvalue weighted by Crippen LogP contribution is -2.49. The summed E-state index contributed by atoms with van der Waals surface area (Å²) in [6, 6.07) is 19.2. The number of hydrogen-bond acceptors (Lipinski definition) is 4. The van der Waals surface area contributed by atoms with E-state index in [1.165, 1.54) is 0 Å². The highest BCUT2D eigenvalue weighted by molar-refractivity contribution is 6.07. The van der Waals surface area contributed by atoms with Gasteiger partial charge < -0.3 is 15.2 Å². The lowest BCUT2D eigenvalue weighted by atomic mass is 9.77. The van der Waals surface area contributed by atoms with Crippen molar-refractivity contribution in [3.05, 3.63) is 71.8 Å². The minimum Gasteiger partial charge on any atom is -0.389 e. The van der Waals surface area contributed by atoms with Crippen LogP contribution in [0.4, 0.5) is 4.79 Å². The molecule has 0 aromatic heterocycles. The first-order chi connectivity index (χ1) is 15.0. The Balaban J connectivity index is 1.40. The first kappa shape index (κ1) is 21.5. The maximum atomic E-state index is 13.0. The van der Waals surface area contributed by atoms with Crippen LogP contribution in [-0.4, -0.2) is 46.7 Å². The fourth-order valence-corrected chi connectivity index (χ4v) is 4.55. The molecule has 1 aliphatic heterocycles. The number of aliphatic hydroxyl groups excluding tert-OH is 1. The molecule has 2 aromatic carbocycles. The maximum absolute atomic E-state index is 13.0. The van der Waals surface area contributed by atoms with Crippen LogP contribution in [0.3, 0.4) is 0 Å². The average molecular weight is 423 g/mol. The van der Waals surface area contributed by atoms with E-state index < -0.39 is 17.7 Å². The van der Waals surface area contributed by atoms with Crippen molar-refractivity contribution in [2.45, 2.75) is 50.4 Å². The average Bonchev–Trinajstić information content (AvgIpc) is 3.01. The Hall–Kier alpha value is -2.70. The number of rotatable bonds is 7. The topological polar surface area (TPSA) is 78.9 Å². The van der Waals surface area contributed by atoms with Gasteiger partial charge in [-0.2, -0.15) is 0 Å². The van der Waals surface area contributed by atoms with Gasteiger partial charge in [0.15, 0.2) is 0 Å². The molecule has 1 saturated heterocycles. The number of β-amino-alcohol motifs (C(OH)–C–C–N with tert-alkyl or cyclic N) is 1. The number of benzene rings is 2. The number of imide groups is 1. The Morgan fingerprint density at radius 2 is 1.58 bits per heavy atom. The highest BCUT2D eigenvalue weighted by Gasteiger charge is 2.52. The van der Waals surface area contributed by atoms with Crippen LogP contribution in [0.2, 0.25) is 0 Å². The van der Waals surface area contributed by atoms with Crippen LogP contribution in [0.5, 0.6) is 0 Å². The number of nitrogens with one attached hydrogen (secondary N) is 1. The number of aliphatic hydroxyl groups is 1. The van der Waals surface area contributed by atoms with E-state index in [0.717, 1.165) is 28.9 Å². The number of nitrogens with zero attached hydrogens (tertiary/aromatic N) is 1. The van der Waals surface area contributed by atoms with Gasteiger partial charge in [-0.3, -0.25) is 9.69 Å². The first-order valence-corrected chi connectivity index (χ1v) is 11.0. The van der Waals surface area contributed by atoms with Crippen LogP contribution >= 0.6 is 0 Å². The second-order valence-electron chi connectivity index (χ2n) is 8.80. The summed E-state index contributed by atoms with van der Waals surface area (Å²) in [6.07, 6.45) is 1.84. The van der Waals surface area contributed by atoms with Gasteiger partial charge in [0, 0.05) is 0 Å². The molecule has 2 N–H and O–H groups in total. The fraction of sp³-hybridized carbons (Fsp3) is 0.440. The molecule has 31 heavy (non-hydrogen) atoms. The molecule has 2 aromatic rings. The molecular weight excluding hydrogens is 392 g/mol. The van der Waals surface area contributed by atoms with Crippen LogP contribution in [-0.2, 0) is 9.53 Å². The van der Waals surface area contributed by atoms with Crippen molar-refractivity contribution in [1.82, 2.24) is 10.2 Å². The van der Waals surface area contributed by atoms with Crippen molar-refractivity contribution < 1.29 is 19.4 Å². The highest BCUT2D eigenvalue weighted by Crippen LogP contribution is 2.36. The summed E-state index contributed by atoms with van der Waals surface area (Å²) in [6.45, 7) is 2.11. The number of hydrogen-bond donors (Lipinski definition) is 2. The summed E-state index contributed by atoms with van der Waals surface area (Å²) in [7, 11) is 0. The molecular formula is C25H30N2O4. The van der Waals surface area contributed by atoms with Crippen molar-refractivity contribution in [3.63, 3.8) is 0 Å². The Bertz CT molecular complexity index is 855. The summed E-state index contributed by atoms with van der Waals surface area (Å²) in [5.41, 5.74) is 1.16. The van der Waals surface area contributed by atoms with Crippen LogP contribution < -0.4 is 5.32 Å². The summed E-state index contributed by atoms with van der Waals surface area (Å²) in [5, 5.41) is 13.5. The molecule has 4 rings (SSSR count). The molecule has 2 fully saturated rings. The predicted octanol–water partition coefficient (Wildman–Crippen LogP) is 3.65. The van der Waals surface area contributed by atoms with Crippen molar-refractivity contribution in [2.75, 3.05) is 13.2 Å². The Morgan fingerprint density at radius 1 is 1.03 bits per heavy atom. The van der Waals surface area contributed by atoms with E-state index in [-0.39, 0.29) is 25.2 Å². The molecule has 3 amide bonds. The molecule has 164 valence electrons. The number of urea groups is 1. The molecule has 1 saturated carbocycles. The number of carbonyl (C=O) groups excluding carboxylic acids is 2. The summed E-state index contributed by atoms with van der Waals surface area (Å²) in [5.74, 6) is 0.349. The Morgan fingerprint density at radius 3 is 2.13 bits per heavy atom. The van der Waals surface area contributed by atoms with Gasteiger partial charge in [-0.05, 0) is 42.7 Å². The number of amides is 3. The zero-order chi connectivity index (χ0) is 21.8. The van der Waals surface area contributed by atoms with Crippen molar-refractivity contribution in [1.29, 1.82) is 0 Å². The largest absolute Gasteiger partial charge is 0.389 e. The van der Waals surface area contributed by atoms with E-state index in [1.807, 2.05) is 60.7 Å².